The average Bonchev–Trinajstić information content (AvgIpc) is 2.72. The maximum atomic E-state index is 11.5. The predicted molar refractivity (Wildman–Crippen MR) is 120 cm³/mol. The van der Waals surface area contributed by atoms with Crippen LogP contribution in [0.15, 0.2) is 30.5 Å². The van der Waals surface area contributed by atoms with Gasteiger partial charge in [0.1, 0.15) is 6.20 Å². The van der Waals surface area contributed by atoms with E-state index >= 15 is 0 Å². The molecule has 1 heterocycles. The van der Waals surface area contributed by atoms with E-state index in [1.165, 1.54) is 6.20 Å². The van der Waals surface area contributed by atoms with Crippen molar-refractivity contribution in [2.75, 3.05) is 23.7 Å². The van der Waals surface area contributed by atoms with Crippen molar-refractivity contribution >= 4 is 29.1 Å². The van der Waals surface area contributed by atoms with E-state index in [-0.39, 0.29) is 11.5 Å². The lowest BCUT2D eigenvalue weighted by Gasteiger charge is -2.28. The normalized spacial score (nSPS) is 19.3. The van der Waals surface area contributed by atoms with Crippen LogP contribution in [0.3, 0.4) is 0 Å². The van der Waals surface area contributed by atoms with E-state index in [9.17, 15) is 10.1 Å². The fourth-order valence-corrected chi connectivity index (χ4v) is 4.30. The van der Waals surface area contributed by atoms with Crippen molar-refractivity contribution in [2.45, 2.75) is 45.1 Å². The molecule has 4 N–H and O–H groups in total. The van der Waals surface area contributed by atoms with Crippen LogP contribution in [0.5, 0.6) is 0 Å². The summed E-state index contributed by atoms with van der Waals surface area (Å²) in [5, 5.41) is 18.5. The second-order valence-electron chi connectivity index (χ2n) is 8.42. The number of nitro groups is 1. The van der Waals surface area contributed by atoms with Gasteiger partial charge in [-0.2, -0.15) is 4.98 Å². The Morgan fingerprint density at radius 3 is 2.53 bits per heavy atom. The molecule has 1 fully saturated rings. The molecule has 0 unspecified atom stereocenters. The van der Waals surface area contributed by atoms with E-state index in [4.69, 9.17) is 17.3 Å². The number of nitrogens with zero attached hydrogens (tertiary/aromatic N) is 3. The first kappa shape index (κ1) is 22.2. The standard InChI is InChI=1S/C21H29ClN6O2/c1-21(2,16-5-3-4-6-17(16)22)27-20-25-13-18(28(29)30)19(26-20)24-12-15-9-7-14(11-23)8-10-15/h3-6,13-15H,7-12,23H2,1-2H3,(H2,24,25,26,27). The Bertz CT molecular complexity index is 884. The van der Waals surface area contributed by atoms with Crippen LogP contribution in [-0.4, -0.2) is 28.0 Å². The Morgan fingerprint density at radius 1 is 1.23 bits per heavy atom. The molecular formula is C21H29ClN6O2. The monoisotopic (exact) mass is 432 g/mol. The Kier molecular flexibility index (Phi) is 7.10. The van der Waals surface area contributed by atoms with E-state index in [0.29, 0.717) is 29.4 Å². The summed E-state index contributed by atoms with van der Waals surface area (Å²) in [6.45, 7) is 5.29. The summed E-state index contributed by atoms with van der Waals surface area (Å²) < 4.78 is 0. The summed E-state index contributed by atoms with van der Waals surface area (Å²) in [6, 6.07) is 7.53. The maximum Gasteiger partial charge on any atom is 0.329 e. The van der Waals surface area contributed by atoms with Gasteiger partial charge in [-0.15, -0.1) is 0 Å². The van der Waals surface area contributed by atoms with E-state index < -0.39 is 10.5 Å². The molecule has 162 valence electrons. The van der Waals surface area contributed by atoms with Gasteiger partial charge in [0.05, 0.1) is 10.5 Å². The van der Waals surface area contributed by atoms with Crippen molar-refractivity contribution in [3.8, 4) is 0 Å². The molecule has 1 aliphatic rings. The molecule has 0 bridgehead atoms. The summed E-state index contributed by atoms with van der Waals surface area (Å²) in [6.07, 6.45) is 5.59. The van der Waals surface area contributed by atoms with E-state index in [1.54, 1.807) is 0 Å². The van der Waals surface area contributed by atoms with Crippen LogP contribution in [0.4, 0.5) is 17.5 Å². The summed E-state index contributed by atoms with van der Waals surface area (Å²) in [4.78, 5) is 19.6. The van der Waals surface area contributed by atoms with Crippen LogP contribution >= 0.6 is 11.6 Å². The molecule has 0 amide bonds. The molecular weight excluding hydrogens is 404 g/mol. The van der Waals surface area contributed by atoms with E-state index in [1.807, 2.05) is 38.1 Å². The summed E-state index contributed by atoms with van der Waals surface area (Å²) >= 11 is 6.34. The highest BCUT2D eigenvalue weighted by atomic mass is 35.5. The zero-order valence-electron chi connectivity index (χ0n) is 17.4. The third kappa shape index (κ3) is 5.37. The molecule has 2 aromatic rings. The number of aromatic nitrogens is 2. The molecule has 0 radical (unpaired) electrons. The second kappa shape index (κ2) is 9.57. The number of nitrogens with one attached hydrogen (secondary N) is 2. The molecule has 1 aromatic carbocycles. The van der Waals surface area contributed by atoms with Gasteiger partial charge >= 0.3 is 5.69 Å². The van der Waals surface area contributed by atoms with Gasteiger partial charge in [0.15, 0.2) is 0 Å². The number of nitrogens with two attached hydrogens (primary N) is 1. The van der Waals surface area contributed by atoms with Crippen LogP contribution in [0.25, 0.3) is 0 Å². The molecule has 3 rings (SSSR count). The predicted octanol–water partition coefficient (Wildman–Crippen LogP) is 4.56. The third-order valence-corrected chi connectivity index (χ3v) is 6.13. The first-order valence-corrected chi connectivity index (χ1v) is 10.7. The van der Waals surface area contributed by atoms with Gasteiger partial charge in [0.25, 0.3) is 0 Å². The van der Waals surface area contributed by atoms with Crippen molar-refractivity contribution in [1.29, 1.82) is 0 Å². The fraction of sp³-hybridized carbons (Fsp3) is 0.524. The number of anilines is 2. The number of halogens is 1. The molecule has 0 atom stereocenters. The highest BCUT2D eigenvalue weighted by Crippen LogP contribution is 2.32. The Morgan fingerprint density at radius 2 is 1.90 bits per heavy atom. The van der Waals surface area contributed by atoms with Crippen LogP contribution in [0.2, 0.25) is 5.02 Å². The highest BCUT2D eigenvalue weighted by molar-refractivity contribution is 6.31. The summed E-state index contributed by atoms with van der Waals surface area (Å²) in [7, 11) is 0. The van der Waals surface area contributed by atoms with E-state index in [0.717, 1.165) is 37.8 Å². The SMILES string of the molecule is CC(C)(Nc1ncc([N+](=O)[O-])c(NCC2CCC(CN)CC2)n1)c1ccccc1Cl. The fourth-order valence-electron chi connectivity index (χ4n) is 3.93. The molecule has 1 aromatic heterocycles. The topological polar surface area (TPSA) is 119 Å². The van der Waals surface area contributed by atoms with Crippen molar-refractivity contribution < 1.29 is 4.92 Å². The molecule has 0 saturated heterocycles. The Balaban J connectivity index is 1.74. The van der Waals surface area contributed by atoms with Crippen LogP contribution in [0.1, 0.15) is 45.1 Å². The number of rotatable bonds is 8. The maximum absolute atomic E-state index is 11.5. The second-order valence-corrected chi connectivity index (χ2v) is 8.82. The van der Waals surface area contributed by atoms with Crippen molar-refractivity contribution in [3.63, 3.8) is 0 Å². The summed E-state index contributed by atoms with van der Waals surface area (Å²) in [5.41, 5.74) is 5.96. The van der Waals surface area contributed by atoms with Gasteiger partial charge in [0.2, 0.25) is 11.8 Å². The lowest BCUT2D eigenvalue weighted by Crippen LogP contribution is -2.29. The van der Waals surface area contributed by atoms with Gasteiger partial charge in [-0.1, -0.05) is 29.8 Å². The molecule has 0 spiro atoms. The van der Waals surface area contributed by atoms with Crippen LogP contribution in [0, 0.1) is 22.0 Å². The average molecular weight is 433 g/mol. The molecule has 1 saturated carbocycles. The lowest BCUT2D eigenvalue weighted by atomic mass is 9.82. The minimum atomic E-state index is -0.563. The van der Waals surface area contributed by atoms with Gasteiger partial charge in [-0.3, -0.25) is 10.1 Å². The highest BCUT2D eigenvalue weighted by Gasteiger charge is 2.26. The van der Waals surface area contributed by atoms with Gasteiger partial charge in [-0.25, -0.2) is 4.98 Å². The lowest BCUT2D eigenvalue weighted by molar-refractivity contribution is -0.384. The molecule has 9 heteroatoms. The Hall–Kier alpha value is -2.45. The zero-order valence-corrected chi connectivity index (χ0v) is 18.2. The van der Waals surface area contributed by atoms with Gasteiger partial charge < -0.3 is 16.4 Å². The number of hydrogen-bond acceptors (Lipinski definition) is 7. The zero-order chi connectivity index (χ0) is 21.7. The summed E-state index contributed by atoms with van der Waals surface area (Å²) in [5.74, 6) is 1.59. The van der Waals surface area contributed by atoms with Crippen molar-refractivity contribution in [1.82, 2.24) is 9.97 Å². The van der Waals surface area contributed by atoms with Crippen LogP contribution < -0.4 is 16.4 Å². The van der Waals surface area contributed by atoms with Gasteiger partial charge in [-0.05, 0) is 69.5 Å². The third-order valence-electron chi connectivity index (χ3n) is 5.80. The molecule has 1 aliphatic carbocycles. The molecule has 30 heavy (non-hydrogen) atoms. The molecule has 0 aliphatic heterocycles. The van der Waals surface area contributed by atoms with E-state index in [2.05, 4.69) is 20.6 Å². The van der Waals surface area contributed by atoms with Crippen molar-refractivity contribution in [3.05, 3.63) is 51.2 Å². The number of hydrogen-bond donors (Lipinski definition) is 3. The molecule has 8 nitrogen and oxygen atoms in total. The van der Waals surface area contributed by atoms with Gasteiger partial charge in [0, 0.05) is 11.6 Å². The van der Waals surface area contributed by atoms with Crippen molar-refractivity contribution in [2.24, 2.45) is 17.6 Å². The first-order chi connectivity index (χ1) is 14.3. The minimum Gasteiger partial charge on any atom is -0.364 e. The minimum absolute atomic E-state index is 0.133. The van der Waals surface area contributed by atoms with Crippen LogP contribution in [-0.2, 0) is 5.54 Å². The Labute approximate surface area is 181 Å². The first-order valence-electron chi connectivity index (χ1n) is 10.3. The largest absolute Gasteiger partial charge is 0.364 e. The smallest absolute Gasteiger partial charge is 0.329 e. The quantitative estimate of drug-likeness (QED) is 0.413. The number of benzene rings is 1.